The summed E-state index contributed by atoms with van der Waals surface area (Å²) in [6.45, 7) is 0.969. The Balaban J connectivity index is 1.67. The zero-order valence-corrected chi connectivity index (χ0v) is 14.4. The Bertz CT molecular complexity index is 824. The molecular weight excluding hydrogens is 312 g/mol. The van der Waals surface area contributed by atoms with E-state index in [0.29, 0.717) is 0 Å². The molecule has 1 aromatic carbocycles. The lowest BCUT2D eigenvalue weighted by molar-refractivity contribution is -0.137. The summed E-state index contributed by atoms with van der Waals surface area (Å²) >= 11 is 0. The molecule has 0 aliphatic heterocycles. The van der Waals surface area contributed by atoms with E-state index in [1.165, 1.54) is 16.6 Å². The normalized spacial score (nSPS) is 11.0. The number of fused-ring (bicyclic) bond motifs is 1. The lowest BCUT2D eigenvalue weighted by Crippen LogP contribution is -2.00. The summed E-state index contributed by atoms with van der Waals surface area (Å²) < 4.78 is 2.38. The second-order valence-electron chi connectivity index (χ2n) is 6.39. The number of carboxylic acid groups (broad SMARTS) is 1. The first-order valence-electron chi connectivity index (χ1n) is 8.96. The van der Waals surface area contributed by atoms with Gasteiger partial charge in [-0.2, -0.15) is 0 Å². The Hall–Kier alpha value is -2.62. The van der Waals surface area contributed by atoms with E-state index in [9.17, 15) is 4.79 Å². The first kappa shape index (κ1) is 17.2. The highest BCUT2D eigenvalue weighted by atomic mass is 16.4. The Morgan fingerprint density at radius 3 is 2.60 bits per heavy atom. The van der Waals surface area contributed by atoms with Crippen molar-refractivity contribution in [3.8, 4) is 11.3 Å². The van der Waals surface area contributed by atoms with Crippen molar-refractivity contribution in [3.05, 3.63) is 54.9 Å². The highest BCUT2D eigenvalue weighted by Crippen LogP contribution is 2.28. The molecule has 4 heteroatoms. The van der Waals surface area contributed by atoms with Gasteiger partial charge in [0.2, 0.25) is 0 Å². The molecule has 0 radical (unpaired) electrons. The van der Waals surface area contributed by atoms with Crippen molar-refractivity contribution in [3.63, 3.8) is 0 Å². The molecule has 2 aromatic heterocycles. The van der Waals surface area contributed by atoms with Crippen molar-refractivity contribution in [2.75, 3.05) is 0 Å². The molecule has 2 heterocycles. The maximum Gasteiger partial charge on any atom is 0.303 e. The molecule has 4 nitrogen and oxygen atoms in total. The van der Waals surface area contributed by atoms with Crippen molar-refractivity contribution in [1.29, 1.82) is 0 Å². The number of aromatic nitrogens is 2. The predicted octanol–water partition coefficient (Wildman–Crippen LogP) is 5.13. The predicted molar refractivity (Wildman–Crippen MR) is 101 cm³/mol. The first-order valence-corrected chi connectivity index (χ1v) is 8.96. The molecule has 0 bridgehead atoms. The van der Waals surface area contributed by atoms with Crippen LogP contribution >= 0.6 is 0 Å². The average Bonchev–Trinajstić information content (AvgIpc) is 3.00. The molecule has 0 saturated carbocycles. The number of aliphatic carboxylic acids is 1. The number of para-hydroxylation sites is 1. The third-order valence-electron chi connectivity index (χ3n) is 4.54. The van der Waals surface area contributed by atoms with Gasteiger partial charge in [-0.25, -0.2) is 0 Å². The number of pyridine rings is 1. The number of aryl methyl sites for hydroxylation is 1. The lowest BCUT2D eigenvalue weighted by atomic mass is 10.1. The molecule has 0 fully saturated rings. The van der Waals surface area contributed by atoms with Crippen LogP contribution in [0.25, 0.3) is 22.2 Å². The van der Waals surface area contributed by atoms with Gasteiger partial charge < -0.3 is 9.67 Å². The largest absolute Gasteiger partial charge is 0.481 e. The minimum Gasteiger partial charge on any atom is -0.481 e. The van der Waals surface area contributed by atoms with E-state index in [4.69, 9.17) is 5.11 Å². The molecule has 130 valence electrons. The molecule has 0 unspecified atom stereocenters. The summed E-state index contributed by atoms with van der Waals surface area (Å²) in [5.41, 5.74) is 3.60. The molecule has 3 aromatic rings. The zero-order chi connectivity index (χ0) is 17.5. The number of hydrogen-bond acceptors (Lipinski definition) is 2. The minimum atomic E-state index is -0.695. The van der Waals surface area contributed by atoms with Gasteiger partial charge in [-0.1, -0.05) is 37.5 Å². The van der Waals surface area contributed by atoms with Crippen molar-refractivity contribution in [2.45, 2.75) is 45.1 Å². The van der Waals surface area contributed by atoms with Gasteiger partial charge >= 0.3 is 5.97 Å². The van der Waals surface area contributed by atoms with Crippen LogP contribution in [0, 0.1) is 0 Å². The fourth-order valence-electron chi connectivity index (χ4n) is 3.28. The van der Waals surface area contributed by atoms with Crippen LogP contribution in [-0.4, -0.2) is 20.6 Å². The number of carboxylic acids is 1. The summed E-state index contributed by atoms with van der Waals surface area (Å²) in [4.78, 5) is 14.8. The van der Waals surface area contributed by atoms with Gasteiger partial charge in [0.15, 0.2) is 0 Å². The van der Waals surface area contributed by atoms with Crippen molar-refractivity contribution in [1.82, 2.24) is 9.55 Å². The number of benzene rings is 1. The monoisotopic (exact) mass is 336 g/mol. The number of hydrogen-bond donors (Lipinski definition) is 1. The number of unbranched alkanes of at least 4 members (excludes halogenated alkanes) is 4. The second kappa shape index (κ2) is 8.47. The van der Waals surface area contributed by atoms with Gasteiger partial charge in [0.25, 0.3) is 0 Å². The highest BCUT2D eigenvalue weighted by Gasteiger charge is 2.10. The zero-order valence-electron chi connectivity index (χ0n) is 14.4. The van der Waals surface area contributed by atoms with Crippen LogP contribution in [0.15, 0.2) is 54.9 Å². The number of carbonyl (C=O) groups is 1. The molecule has 0 saturated heterocycles. The van der Waals surface area contributed by atoms with E-state index in [1.807, 2.05) is 12.3 Å². The van der Waals surface area contributed by atoms with Crippen molar-refractivity contribution >= 4 is 16.9 Å². The fourth-order valence-corrected chi connectivity index (χ4v) is 3.28. The van der Waals surface area contributed by atoms with Gasteiger partial charge in [-0.15, -0.1) is 0 Å². The molecule has 0 aliphatic rings. The van der Waals surface area contributed by atoms with E-state index in [2.05, 4.69) is 45.9 Å². The minimum absolute atomic E-state index is 0.285. The van der Waals surface area contributed by atoms with E-state index >= 15 is 0 Å². The van der Waals surface area contributed by atoms with Crippen LogP contribution in [0.4, 0.5) is 0 Å². The molecule has 25 heavy (non-hydrogen) atoms. The Kier molecular flexibility index (Phi) is 5.83. The SMILES string of the molecule is O=C(O)CCCCCCCn1c(-c2cccnc2)cc2ccccc21. The third kappa shape index (κ3) is 4.47. The topological polar surface area (TPSA) is 55.1 Å². The van der Waals surface area contributed by atoms with Crippen LogP contribution in [-0.2, 0) is 11.3 Å². The lowest BCUT2D eigenvalue weighted by Gasteiger charge is -2.11. The van der Waals surface area contributed by atoms with E-state index in [-0.39, 0.29) is 6.42 Å². The summed E-state index contributed by atoms with van der Waals surface area (Å²) in [7, 11) is 0. The van der Waals surface area contributed by atoms with Gasteiger partial charge in [-0.3, -0.25) is 9.78 Å². The molecule has 1 N–H and O–H groups in total. The van der Waals surface area contributed by atoms with Gasteiger partial charge in [0.1, 0.15) is 0 Å². The van der Waals surface area contributed by atoms with Gasteiger partial charge in [-0.05, 0) is 37.1 Å². The van der Waals surface area contributed by atoms with E-state index in [1.54, 1.807) is 6.20 Å². The van der Waals surface area contributed by atoms with E-state index in [0.717, 1.165) is 44.2 Å². The third-order valence-corrected chi connectivity index (χ3v) is 4.54. The quantitative estimate of drug-likeness (QED) is 0.551. The Labute approximate surface area is 148 Å². The smallest absolute Gasteiger partial charge is 0.303 e. The van der Waals surface area contributed by atoms with Gasteiger partial charge in [0.05, 0.1) is 5.69 Å². The standard InChI is InChI=1S/C21H24N2O2/c24-21(25)12-4-2-1-3-7-14-23-19-11-6-5-9-17(19)15-20(23)18-10-8-13-22-16-18/h5-6,8-11,13,15-16H,1-4,7,12,14H2,(H,24,25). The molecule has 0 atom stereocenters. The molecular formula is C21H24N2O2. The molecule has 3 rings (SSSR count). The summed E-state index contributed by atoms with van der Waals surface area (Å²) in [6.07, 6.45) is 9.08. The molecule has 0 aliphatic carbocycles. The average molecular weight is 336 g/mol. The van der Waals surface area contributed by atoms with Crippen LogP contribution < -0.4 is 0 Å². The molecule has 0 amide bonds. The Morgan fingerprint density at radius 1 is 1.00 bits per heavy atom. The van der Waals surface area contributed by atoms with Crippen LogP contribution in [0.1, 0.15) is 38.5 Å². The summed E-state index contributed by atoms with van der Waals surface area (Å²) in [6, 6.07) is 14.8. The van der Waals surface area contributed by atoms with Crippen molar-refractivity contribution in [2.24, 2.45) is 0 Å². The van der Waals surface area contributed by atoms with Crippen molar-refractivity contribution < 1.29 is 9.90 Å². The Morgan fingerprint density at radius 2 is 1.80 bits per heavy atom. The molecule has 0 spiro atoms. The highest BCUT2D eigenvalue weighted by molar-refractivity contribution is 5.86. The number of nitrogens with zero attached hydrogens (tertiary/aromatic N) is 2. The van der Waals surface area contributed by atoms with Crippen LogP contribution in [0.3, 0.4) is 0 Å². The maximum atomic E-state index is 10.5. The summed E-state index contributed by atoms with van der Waals surface area (Å²) in [5, 5.41) is 9.92. The second-order valence-corrected chi connectivity index (χ2v) is 6.39. The van der Waals surface area contributed by atoms with Crippen LogP contribution in [0.5, 0.6) is 0 Å². The summed E-state index contributed by atoms with van der Waals surface area (Å²) in [5.74, 6) is -0.695. The maximum absolute atomic E-state index is 10.5. The number of rotatable bonds is 9. The van der Waals surface area contributed by atoms with E-state index < -0.39 is 5.97 Å². The fraction of sp³-hybridized carbons (Fsp3) is 0.333. The van der Waals surface area contributed by atoms with Crippen LogP contribution in [0.2, 0.25) is 0 Å². The first-order chi connectivity index (χ1) is 12.3. The van der Waals surface area contributed by atoms with Gasteiger partial charge in [0, 0.05) is 41.8 Å².